The largest absolute Gasteiger partial charge is 0.381 e. The van der Waals surface area contributed by atoms with Gasteiger partial charge in [0, 0.05) is 20.0 Å². The second-order valence-corrected chi connectivity index (χ2v) is 7.67. The van der Waals surface area contributed by atoms with Crippen LogP contribution in [0.2, 0.25) is 5.02 Å². The molecule has 0 aliphatic rings. The Morgan fingerprint density at radius 2 is 1.91 bits per heavy atom. The number of rotatable bonds is 6. The van der Waals surface area contributed by atoms with Crippen molar-refractivity contribution in [3.05, 3.63) is 88.0 Å². The molecule has 2 heterocycles. The maximum atomic E-state index is 12.8. The maximum Gasteiger partial charge on any atom is 0.267 e. The Morgan fingerprint density at radius 1 is 1.21 bits per heavy atom. The summed E-state index contributed by atoms with van der Waals surface area (Å²) in [6.45, 7) is 6.04. The molecule has 176 valence electrons. The number of nitrogens with two attached hydrogens (primary N) is 2. The lowest BCUT2D eigenvalue weighted by atomic mass is 10.2. The Bertz CT molecular complexity index is 1390. The predicted octanol–water partition coefficient (Wildman–Crippen LogP) is 3.30. The van der Waals surface area contributed by atoms with Crippen LogP contribution in [0.4, 0.5) is 11.6 Å². The van der Waals surface area contributed by atoms with E-state index in [0.717, 1.165) is 11.5 Å². The summed E-state index contributed by atoms with van der Waals surface area (Å²) in [5.74, 6) is 0.777. The summed E-state index contributed by atoms with van der Waals surface area (Å²) in [5, 5.41) is 7.72. The van der Waals surface area contributed by atoms with Gasteiger partial charge in [-0.25, -0.2) is 4.98 Å². The third-order valence-electron chi connectivity index (χ3n) is 4.98. The molecule has 5 N–H and O–H groups in total. The molecule has 0 fully saturated rings. The zero-order valence-electron chi connectivity index (χ0n) is 19.0. The van der Waals surface area contributed by atoms with E-state index in [1.165, 1.54) is 4.68 Å². The number of benzene rings is 2. The van der Waals surface area contributed by atoms with Crippen LogP contribution >= 0.6 is 11.6 Å². The van der Waals surface area contributed by atoms with E-state index in [1.54, 1.807) is 23.8 Å². The summed E-state index contributed by atoms with van der Waals surface area (Å²) < 4.78 is 3.10. The summed E-state index contributed by atoms with van der Waals surface area (Å²) in [5.41, 5.74) is 12.2. The molecule has 0 radical (unpaired) electrons. The van der Waals surface area contributed by atoms with Crippen molar-refractivity contribution in [3.8, 4) is 5.69 Å². The van der Waals surface area contributed by atoms with Gasteiger partial charge in [0.25, 0.3) is 11.5 Å². The van der Waals surface area contributed by atoms with E-state index >= 15 is 0 Å². The molecule has 0 spiro atoms. The van der Waals surface area contributed by atoms with Crippen LogP contribution in [0.25, 0.3) is 16.6 Å². The third-order valence-corrected chi connectivity index (χ3v) is 5.30. The van der Waals surface area contributed by atoms with Crippen molar-refractivity contribution in [1.82, 2.24) is 19.3 Å². The molecule has 2 aromatic heterocycles. The average Bonchev–Trinajstić information content (AvgIpc) is 3.11. The fraction of sp³-hybridized carbons (Fsp3) is 0.167. The first kappa shape index (κ1) is 24.5. The molecular formula is C24H26ClN7O2. The Labute approximate surface area is 201 Å². The van der Waals surface area contributed by atoms with Crippen LogP contribution in [0, 0.1) is 0 Å². The van der Waals surface area contributed by atoms with Gasteiger partial charge in [-0.2, -0.15) is 5.10 Å². The fourth-order valence-electron chi connectivity index (χ4n) is 3.48. The van der Waals surface area contributed by atoms with E-state index in [4.69, 9.17) is 23.1 Å². The molecule has 0 bridgehead atoms. The number of fused-ring (bicyclic) bond motifs is 1. The van der Waals surface area contributed by atoms with Gasteiger partial charge in [-0.1, -0.05) is 48.9 Å². The van der Waals surface area contributed by atoms with Crippen LogP contribution in [0.15, 0.2) is 66.0 Å². The zero-order chi connectivity index (χ0) is 24.8. The average molecular weight is 480 g/mol. The SMILES string of the molecule is C=CCNc1c(C(N)=O)c(N)nn1C.CCc1nc2cccc(Cl)c2c(=O)n1-c1ccccc1. The molecule has 4 rings (SSSR count). The first-order chi connectivity index (χ1) is 16.3. The number of hydrogen-bond acceptors (Lipinski definition) is 6. The summed E-state index contributed by atoms with van der Waals surface area (Å²) in [6.07, 6.45) is 2.33. The van der Waals surface area contributed by atoms with Crippen molar-refractivity contribution in [2.24, 2.45) is 12.8 Å². The number of aryl methyl sites for hydroxylation is 2. The smallest absolute Gasteiger partial charge is 0.267 e. The maximum absolute atomic E-state index is 12.8. The van der Waals surface area contributed by atoms with Gasteiger partial charge in [-0.15, -0.1) is 6.58 Å². The van der Waals surface area contributed by atoms with Gasteiger partial charge in [-0.05, 0) is 24.3 Å². The van der Waals surface area contributed by atoms with Gasteiger partial charge in [0.2, 0.25) is 0 Å². The summed E-state index contributed by atoms with van der Waals surface area (Å²) in [6, 6.07) is 14.8. The van der Waals surface area contributed by atoms with E-state index in [0.29, 0.717) is 34.7 Å². The van der Waals surface area contributed by atoms with E-state index in [9.17, 15) is 9.59 Å². The molecule has 1 amide bonds. The molecule has 34 heavy (non-hydrogen) atoms. The summed E-state index contributed by atoms with van der Waals surface area (Å²) in [4.78, 5) is 28.4. The van der Waals surface area contributed by atoms with Gasteiger partial charge in [0.15, 0.2) is 5.82 Å². The Kier molecular flexibility index (Phi) is 7.70. The quantitative estimate of drug-likeness (QED) is 0.363. The second kappa shape index (κ2) is 10.7. The number of nitrogens with one attached hydrogen (secondary N) is 1. The highest BCUT2D eigenvalue weighted by Gasteiger charge is 2.18. The number of nitrogen functional groups attached to an aromatic ring is 1. The van der Waals surface area contributed by atoms with Crippen LogP contribution < -0.4 is 22.3 Å². The molecule has 0 aliphatic carbocycles. The second-order valence-electron chi connectivity index (χ2n) is 7.26. The highest BCUT2D eigenvalue weighted by atomic mass is 35.5. The molecule has 10 heteroatoms. The monoisotopic (exact) mass is 479 g/mol. The van der Waals surface area contributed by atoms with Crippen LogP contribution in [-0.4, -0.2) is 31.8 Å². The highest BCUT2D eigenvalue weighted by Crippen LogP contribution is 2.21. The minimum Gasteiger partial charge on any atom is -0.381 e. The number of aromatic nitrogens is 4. The molecule has 9 nitrogen and oxygen atoms in total. The van der Waals surface area contributed by atoms with Crippen LogP contribution in [0.1, 0.15) is 23.1 Å². The molecule has 2 aromatic carbocycles. The van der Waals surface area contributed by atoms with E-state index in [1.807, 2.05) is 49.4 Å². The first-order valence-corrected chi connectivity index (χ1v) is 10.9. The number of halogens is 1. The molecule has 0 saturated carbocycles. The molecule has 0 unspecified atom stereocenters. The number of para-hydroxylation sites is 1. The number of amides is 1. The number of hydrogen-bond donors (Lipinski definition) is 3. The predicted molar refractivity (Wildman–Crippen MR) is 137 cm³/mol. The molecular weight excluding hydrogens is 454 g/mol. The van der Waals surface area contributed by atoms with Crippen molar-refractivity contribution in [1.29, 1.82) is 0 Å². The van der Waals surface area contributed by atoms with Crippen LogP contribution in [0.5, 0.6) is 0 Å². The zero-order valence-corrected chi connectivity index (χ0v) is 19.7. The number of primary amides is 1. The number of carbonyl (C=O) groups is 1. The topological polar surface area (TPSA) is 134 Å². The van der Waals surface area contributed by atoms with Crippen molar-refractivity contribution in [3.63, 3.8) is 0 Å². The Morgan fingerprint density at radius 3 is 2.53 bits per heavy atom. The van der Waals surface area contributed by atoms with Gasteiger partial charge < -0.3 is 16.8 Å². The van der Waals surface area contributed by atoms with Gasteiger partial charge in [0.1, 0.15) is 17.2 Å². The minimum atomic E-state index is -0.595. The number of nitrogens with zero attached hydrogens (tertiary/aromatic N) is 4. The fourth-order valence-corrected chi connectivity index (χ4v) is 3.73. The van der Waals surface area contributed by atoms with Crippen LogP contribution in [0.3, 0.4) is 0 Å². The van der Waals surface area contributed by atoms with Crippen molar-refractivity contribution in [2.75, 3.05) is 17.6 Å². The van der Waals surface area contributed by atoms with E-state index < -0.39 is 5.91 Å². The lowest BCUT2D eigenvalue weighted by molar-refractivity contribution is 0.100. The van der Waals surface area contributed by atoms with Gasteiger partial charge in [0.05, 0.1) is 21.6 Å². The van der Waals surface area contributed by atoms with Gasteiger partial charge in [-0.3, -0.25) is 18.8 Å². The number of anilines is 2. The van der Waals surface area contributed by atoms with Crippen molar-refractivity contribution < 1.29 is 4.79 Å². The summed E-state index contributed by atoms with van der Waals surface area (Å²) >= 11 is 6.16. The highest BCUT2D eigenvalue weighted by molar-refractivity contribution is 6.35. The van der Waals surface area contributed by atoms with E-state index in [2.05, 4.69) is 22.0 Å². The molecule has 0 atom stereocenters. The lowest BCUT2D eigenvalue weighted by Crippen LogP contribution is -2.23. The normalized spacial score (nSPS) is 10.4. The minimum absolute atomic E-state index is 0.122. The number of carbonyl (C=O) groups excluding carboxylic acids is 1. The molecule has 0 saturated heterocycles. The van der Waals surface area contributed by atoms with E-state index in [-0.39, 0.29) is 16.9 Å². The summed E-state index contributed by atoms with van der Waals surface area (Å²) in [7, 11) is 1.67. The van der Waals surface area contributed by atoms with Crippen LogP contribution in [-0.2, 0) is 13.5 Å². The van der Waals surface area contributed by atoms with Crippen molar-refractivity contribution in [2.45, 2.75) is 13.3 Å². The Hall–Kier alpha value is -4.11. The third kappa shape index (κ3) is 4.94. The standard InChI is InChI=1S/C16H13ClN2O.C8H13N5O/c1-2-14-18-13-10-6-9-12(17)15(13)16(20)19(14)11-7-4-3-5-8-11;1-3-4-11-8-5(7(10)14)6(9)12-13(8)2/h3-10H,2H2,1H3;3,11H,1,4H2,2H3,(H2,9,12)(H2,10,14). The van der Waals surface area contributed by atoms with Crippen molar-refractivity contribution >= 4 is 40.0 Å². The van der Waals surface area contributed by atoms with Gasteiger partial charge >= 0.3 is 0 Å². The molecule has 0 aliphatic heterocycles. The lowest BCUT2D eigenvalue weighted by Gasteiger charge is -2.12. The first-order valence-electron chi connectivity index (χ1n) is 10.5. The molecule has 4 aromatic rings. The Balaban J connectivity index is 0.000000204.